The van der Waals surface area contributed by atoms with E-state index in [2.05, 4.69) is 9.58 Å². The third-order valence-electron chi connectivity index (χ3n) is 0.967. The van der Waals surface area contributed by atoms with Crippen LogP contribution in [0.2, 0.25) is 0 Å². The van der Waals surface area contributed by atoms with E-state index in [1.165, 1.54) is 0 Å². The molecule has 0 aliphatic carbocycles. The summed E-state index contributed by atoms with van der Waals surface area (Å²) in [7, 11) is 0. The summed E-state index contributed by atoms with van der Waals surface area (Å²) in [5.74, 6) is -0.638. The van der Waals surface area contributed by atoms with E-state index in [1.54, 1.807) is 13.8 Å². The second kappa shape index (κ2) is 6.23. The normalized spacial score (nSPS) is 10.2. The molecule has 0 aliphatic heterocycles. The van der Waals surface area contributed by atoms with Gasteiger partial charge in [0, 0.05) is 0 Å². The third-order valence-corrected chi connectivity index (χ3v) is 0.967. The lowest BCUT2D eigenvalue weighted by atomic mass is 10.5. The van der Waals surface area contributed by atoms with Gasteiger partial charge < -0.3 is 9.47 Å². The number of rotatable bonds is 4. The van der Waals surface area contributed by atoms with E-state index in [9.17, 15) is 4.79 Å². The van der Waals surface area contributed by atoms with Crippen molar-refractivity contribution in [2.75, 3.05) is 13.2 Å². The molecule has 0 aromatic heterocycles. The lowest BCUT2D eigenvalue weighted by Crippen LogP contribution is -2.05. The van der Waals surface area contributed by atoms with E-state index in [-0.39, 0.29) is 12.3 Å². The predicted molar refractivity (Wildman–Crippen MR) is 42.9 cm³/mol. The monoisotopic (exact) mass is 169 g/mol. The summed E-state index contributed by atoms with van der Waals surface area (Å²) in [5, 5.41) is 0. The van der Waals surface area contributed by atoms with Gasteiger partial charge in [-0.2, -0.15) is 0 Å². The van der Waals surface area contributed by atoms with Gasteiger partial charge in [0.1, 0.15) is 0 Å². The quantitative estimate of drug-likeness (QED) is 0.276. The first-order chi connectivity index (χ1) is 5.76. The number of nitrogens with zero attached hydrogens (tertiary/aromatic N) is 1. The van der Waals surface area contributed by atoms with E-state index in [1.807, 2.05) is 0 Å². The van der Waals surface area contributed by atoms with Crippen LogP contribution in [-0.4, -0.2) is 19.2 Å². The minimum Gasteiger partial charge on any atom is -0.512 e. The maximum atomic E-state index is 10.9. The highest BCUT2D eigenvalue weighted by Crippen LogP contribution is 2.00. The lowest BCUT2D eigenvalue weighted by Gasteiger charge is -1.99. The minimum absolute atomic E-state index is 0.126. The molecule has 0 saturated carbocycles. The Labute approximate surface area is 71.6 Å². The molecule has 0 atom stereocenters. The highest BCUT2D eigenvalue weighted by atomic mass is 16.5. The Bertz CT molecular complexity index is 215. The molecule has 0 heterocycles. The van der Waals surface area contributed by atoms with Crippen LogP contribution in [0, 0.1) is 6.57 Å². The first-order valence-electron chi connectivity index (χ1n) is 3.62. The smallest absolute Gasteiger partial charge is 0.339 e. The molecule has 0 N–H and O–H groups in total. The molecule has 0 amide bonds. The molecule has 0 saturated heterocycles. The van der Waals surface area contributed by atoms with Crippen molar-refractivity contribution in [1.82, 2.24) is 0 Å². The highest BCUT2D eigenvalue weighted by molar-refractivity contribution is 5.90. The van der Waals surface area contributed by atoms with Crippen LogP contribution in [0.15, 0.2) is 12.0 Å². The van der Waals surface area contributed by atoms with Gasteiger partial charge in [-0.15, -0.1) is 0 Å². The number of esters is 1. The van der Waals surface area contributed by atoms with E-state index in [4.69, 9.17) is 11.3 Å². The highest BCUT2D eigenvalue weighted by Gasteiger charge is 2.10. The van der Waals surface area contributed by atoms with Gasteiger partial charge in [-0.25, -0.2) is 4.85 Å². The van der Waals surface area contributed by atoms with Gasteiger partial charge in [0.05, 0.1) is 26.0 Å². The number of ether oxygens (including phenoxy) is 2. The summed E-state index contributed by atoms with van der Waals surface area (Å²) in [6.45, 7) is 10.8. The predicted octanol–water partition coefficient (Wildman–Crippen LogP) is 1.35. The van der Waals surface area contributed by atoms with Crippen LogP contribution in [-0.2, 0) is 14.3 Å². The van der Waals surface area contributed by atoms with Crippen molar-refractivity contribution in [1.29, 1.82) is 0 Å². The first-order valence-corrected chi connectivity index (χ1v) is 3.62. The molecule has 0 spiro atoms. The Morgan fingerprint density at radius 1 is 1.50 bits per heavy atom. The van der Waals surface area contributed by atoms with Crippen LogP contribution in [0.4, 0.5) is 0 Å². The number of carbonyl (C=O) groups is 1. The average Bonchev–Trinajstić information content (AvgIpc) is 2.06. The molecule has 0 radical (unpaired) electrons. The Kier molecular flexibility index (Phi) is 5.45. The molecule has 66 valence electrons. The fourth-order valence-electron chi connectivity index (χ4n) is 0.487. The number of hydrogen-bond acceptors (Lipinski definition) is 3. The van der Waals surface area contributed by atoms with Gasteiger partial charge in [-0.1, -0.05) is 0 Å². The topological polar surface area (TPSA) is 39.9 Å². The maximum absolute atomic E-state index is 10.9. The van der Waals surface area contributed by atoms with Crippen molar-refractivity contribution in [2.24, 2.45) is 0 Å². The molecule has 0 rings (SSSR count). The van der Waals surface area contributed by atoms with Crippen LogP contribution in [0.3, 0.4) is 0 Å². The largest absolute Gasteiger partial charge is 0.512 e. The summed E-state index contributed by atoms with van der Waals surface area (Å²) >= 11 is 0. The van der Waals surface area contributed by atoms with Gasteiger partial charge in [0.15, 0.2) is 0 Å². The van der Waals surface area contributed by atoms with Crippen LogP contribution in [0.25, 0.3) is 4.85 Å². The van der Waals surface area contributed by atoms with E-state index >= 15 is 0 Å². The standard InChI is InChI=1S/C8H11NO3/c1-4-11-6-7(9-3)8(10)12-5-2/h6H,4-5H2,1-2H3/b7-6-. The summed E-state index contributed by atoms with van der Waals surface area (Å²) in [6.07, 6.45) is 1.12. The van der Waals surface area contributed by atoms with E-state index in [0.717, 1.165) is 6.26 Å². The maximum Gasteiger partial charge on any atom is 0.339 e. The second-order valence-corrected chi connectivity index (χ2v) is 1.79. The molecular weight excluding hydrogens is 158 g/mol. The molecule has 0 bridgehead atoms. The van der Waals surface area contributed by atoms with Crippen LogP contribution < -0.4 is 0 Å². The van der Waals surface area contributed by atoms with Crippen LogP contribution in [0.1, 0.15) is 13.8 Å². The molecule has 4 nitrogen and oxygen atoms in total. The summed E-state index contributed by atoms with van der Waals surface area (Å²) in [6, 6.07) is 0. The van der Waals surface area contributed by atoms with Crippen molar-refractivity contribution in [3.8, 4) is 0 Å². The number of hydrogen-bond donors (Lipinski definition) is 0. The fourth-order valence-corrected chi connectivity index (χ4v) is 0.487. The van der Waals surface area contributed by atoms with Gasteiger partial charge in [0.2, 0.25) is 0 Å². The molecule has 12 heavy (non-hydrogen) atoms. The third kappa shape index (κ3) is 3.62. The van der Waals surface area contributed by atoms with Gasteiger partial charge in [0.25, 0.3) is 0 Å². The van der Waals surface area contributed by atoms with Crippen molar-refractivity contribution in [3.05, 3.63) is 23.4 Å². The zero-order valence-electron chi connectivity index (χ0n) is 7.16. The molecule has 4 heteroatoms. The van der Waals surface area contributed by atoms with E-state index < -0.39 is 5.97 Å². The van der Waals surface area contributed by atoms with Gasteiger partial charge >= 0.3 is 11.7 Å². The molecule has 0 aliphatic rings. The molecule has 0 unspecified atom stereocenters. The van der Waals surface area contributed by atoms with Gasteiger partial charge in [-0.3, -0.25) is 4.79 Å². The Morgan fingerprint density at radius 3 is 2.58 bits per heavy atom. The zero-order chi connectivity index (χ0) is 9.40. The SMILES string of the molecule is [C-]#[N+]/C(=C\OCC)C(=O)OCC. The Morgan fingerprint density at radius 2 is 2.17 bits per heavy atom. The zero-order valence-corrected chi connectivity index (χ0v) is 7.16. The Hall–Kier alpha value is -1.50. The second-order valence-electron chi connectivity index (χ2n) is 1.79. The van der Waals surface area contributed by atoms with Crippen molar-refractivity contribution in [2.45, 2.75) is 13.8 Å². The van der Waals surface area contributed by atoms with Gasteiger partial charge in [-0.05, 0) is 13.8 Å². The first kappa shape index (κ1) is 10.5. The average molecular weight is 169 g/mol. The summed E-state index contributed by atoms with van der Waals surface area (Å²) in [5.41, 5.74) is -0.126. The molecular formula is C8H11NO3. The number of carbonyl (C=O) groups excluding carboxylic acids is 1. The summed E-state index contributed by atoms with van der Waals surface area (Å²) in [4.78, 5) is 13.9. The fraction of sp³-hybridized carbons (Fsp3) is 0.500. The lowest BCUT2D eigenvalue weighted by molar-refractivity contribution is -0.138. The van der Waals surface area contributed by atoms with Crippen molar-refractivity contribution in [3.63, 3.8) is 0 Å². The van der Waals surface area contributed by atoms with Crippen molar-refractivity contribution < 1.29 is 14.3 Å². The Balaban J connectivity index is 4.16. The van der Waals surface area contributed by atoms with Crippen LogP contribution in [0.5, 0.6) is 0 Å². The minimum atomic E-state index is -0.638. The van der Waals surface area contributed by atoms with Crippen molar-refractivity contribution >= 4 is 5.97 Å². The molecule has 0 aromatic rings. The van der Waals surface area contributed by atoms with E-state index in [0.29, 0.717) is 6.61 Å². The molecule has 0 aromatic carbocycles. The summed E-state index contributed by atoms with van der Waals surface area (Å²) < 4.78 is 9.37. The molecule has 0 fully saturated rings. The van der Waals surface area contributed by atoms with Crippen LogP contribution >= 0.6 is 0 Å².